The molecule has 132 valence electrons. The van der Waals surface area contributed by atoms with E-state index >= 15 is 0 Å². The molecule has 2 saturated heterocycles. The van der Waals surface area contributed by atoms with Gasteiger partial charge in [-0.15, -0.1) is 0 Å². The Balaban J connectivity index is 1.71. The molecule has 3 aliphatic rings. The van der Waals surface area contributed by atoms with Crippen LogP contribution >= 0.6 is 15.9 Å². The minimum absolute atomic E-state index is 0.317. The predicted molar refractivity (Wildman–Crippen MR) is 98.5 cm³/mol. The van der Waals surface area contributed by atoms with Crippen LogP contribution in [0.5, 0.6) is 5.75 Å². The molecular formula is C19H27BrN2O2. The fourth-order valence-electron chi connectivity index (χ4n) is 4.57. The molecule has 0 aliphatic carbocycles. The fraction of sp³-hybridized carbons (Fsp3) is 0.684. The summed E-state index contributed by atoms with van der Waals surface area (Å²) in [6.07, 6.45) is 4.48. The monoisotopic (exact) mass is 394 g/mol. The van der Waals surface area contributed by atoms with E-state index < -0.39 is 6.10 Å². The fourth-order valence-corrected chi connectivity index (χ4v) is 4.93. The summed E-state index contributed by atoms with van der Waals surface area (Å²) >= 11 is 3.62. The Morgan fingerprint density at radius 1 is 1.17 bits per heavy atom. The van der Waals surface area contributed by atoms with E-state index in [1.807, 2.05) is 6.07 Å². The summed E-state index contributed by atoms with van der Waals surface area (Å²) < 4.78 is 7.26. The number of fused-ring (bicyclic) bond motifs is 1. The van der Waals surface area contributed by atoms with E-state index in [1.165, 1.54) is 25.7 Å². The SMILES string of the molecule is Cc1cc2c(cc1Br)[C@@H](O)[C@@](CN1CCCC1)(N1CCCC1)CO2. The molecular weight excluding hydrogens is 368 g/mol. The van der Waals surface area contributed by atoms with Crippen LogP contribution in [-0.2, 0) is 0 Å². The van der Waals surface area contributed by atoms with Gasteiger partial charge in [-0.05, 0) is 76.5 Å². The lowest BCUT2D eigenvalue weighted by atomic mass is 9.83. The number of benzene rings is 1. The van der Waals surface area contributed by atoms with Crippen molar-refractivity contribution in [2.24, 2.45) is 0 Å². The number of aliphatic hydroxyl groups is 1. The lowest BCUT2D eigenvalue weighted by Crippen LogP contribution is -2.63. The Kier molecular flexibility index (Phi) is 4.63. The van der Waals surface area contributed by atoms with Crippen molar-refractivity contribution < 1.29 is 9.84 Å². The summed E-state index contributed by atoms with van der Waals surface area (Å²) in [6.45, 7) is 7.97. The normalized spacial score (nSPS) is 31.2. The Labute approximate surface area is 152 Å². The van der Waals surface area contributed by atoms with Crippen LogP contribution in [0.3, 0.4) is 0 Å². The summed E-state index contributed by atoms with van der Waals surface area (Å²) in [6, 6.07) is 4.11. The van der Waals surface area contributed by atoms with Crippen molar-refractivity contribution in [3.63, 3.8) is 0 Å². The highest BCUT2D eigenvalue weighted by Gasteiger charge is 2.50. The number of ether oxygens (including phenoxy) is 1. The van der Waals surface area contributed by atoms with Crippen molar-refractivity contribution in [3.8, 4) is 5.75 Å². The summed E-state index contributed by atoms with van der Waals surface area (Å²) in [4.78, 5) is 5.01. The highest BCUT2D eigenvalue weighted by Crippen LogP contribution is 2.44. The molecule has 2 atom stereocenters. The average molecular weight is 395 g/mol. The van der Waals surface area contributed by atoms with Gasteiger partial charge in [0.15, 0.2) is 0 Å². The molecule has 0 saturated carbocycles. The van der Waals surface area contributed by atoms with E-state index in [0.717, 1.165) is 54.1 Å². The second-order valence-electron chi connectivity index (χ2n) is 7.61. The van der Waals surface area contributed by atoms with Gasteiger partial charge in [-0.25, -0.2) is 0 Å². The second kappa shape index (κ2) is 6.60. The van der Waals surface area contributed by atoms with Gasteiger partial charge in [0.05, 0.1) is 5.54 Å². The standard InChI is InChI=1S/C19H27BrN2O2/c1-14-10-17-15(11-16(14)20)18(23)19(13-24-17,22-8-4-5-9-22)12-21-6-2-3-7-21/h10-11,18,23H,2-9,12-13H2,1H3/t18-,19+/m1/s1. The number of aliphatic hydroxyl groups excluding tert-OH is 1. The third kappa shape index (κ3) is 2.79. The van der Waals surface area contributed by atoms with Gasteiger partial charge in [-0.2, -0.15) is 0 Å². The molecule has 1 N–H and O–H groups in total. The van der Waals surface area contributed by atoms with Crippen LogP contribution in [0.25, 0.3) is 0 Å². The van der Waals surface area contributed by atoms with Crippen molar-refractivity contribution in [1.29, 1.82) is 0 Å². The van der Waals surface area contributed by atoms with Gasteiger partial charge in [0, 0.05) is 16.6 Å². The quantitative estimate of drug-likeness (QED) is 0.853. The van der Waals surface area contributed by atoms with Gasteiger partial charge in [0.1, 0.15) is 18.5 Å². The molecule has 1 aromatic rings. The lowest BCUT2D eigenvalue weighted by molar-refractivity contribution is -0.0802. The number of aryl methyl sites for hydroxylation is 1. The molecule has 3 aliphatic heterocycles. The Morgan fingerprint density at radius 2 is 1.83 bits per heavy atom. The Bertz CT molecular complexity index is 612. The highest BCUT2D eigenvalue weighted by atomic mass is 79.9. The first kappa shape index (κ1) is 16.8. The molecule has 0 spiro atoms. The van der Waals surface area contributed by atoms with Crippen molar-refractivity contribution >= 4 is 15.9 Å². The third-order valence-corrected chi connectivity index (χ3v) is 6.86. The van der Waals surface area contributed by atoms with Crippen LogP contribution in [0, 0.1) is 6.92 Å². The van der Waals surface area contributed by atoms with E-state index in [-0.39, 0.29) is 5.54 Å². The molecule has 4 rings (SSSR count). The Morgan fingerprint density at radius 3 is 2.54 bits per heavy atom. The summed E-state index contributed by atoms with van der Waals surface area (Å²) in [5, 5.41) is 11.4. The van der Waals surface area contributed by atoms with Gasteiger partial charge in [-0.3, -0.25) is 4.90 Å². The van der Waals surface area contributed by atoms with Crippen LogP contribution in [0.15, 0.2) is 16.6 Å². The van der Waals surface area contributed by atoms with Gasteiger partial charge < -0.3 is 14.7 Å². The molecule has 4 nitrogen and oxygen atoms in total. The van der Waals surface area contributed by atoms with Gasteiger partial charge in [-0.1, -0.05) is 15.9 Å². The van der Waals surface area contributed by atoms with E-state index in [9.17, 15) is 5.11 Å². The molecule has 0 radical (unpaired) electrons. The summed E-state index contributed by atoms with van der Waals surface area (Å²) in [5.41, 5.74) is 1.77. The first-order chi connectivity index (χ1) is 11.6. The first-order valence-electron chi connectivity index (χ1n) is 9.18. The van der Waals surface area contributed by atoms with Crippen molar-refractivity contribution in [1.82, 2.24) is 9.80 Å². The van der Waals surface area contributed by atoms with Crippen molar-refractivity contribution in [3.05, 3.63) is 27.7 Å². The van der Waals surface area contributed by atoms with Crippen LogP contribution < -0.4 is 4.74 Å². The maximum atomic E-state index is 11.4. The zero-order valence-electron chi connectivity index (χ0n) is 14.4. The number of hydrogen-bond acceptors (Lipinski definition) is 4. The van der Waals surface area contributed by atoms with Crippen molar-refractivity contribution in [2.75, 3.05) is 39.3 Å². The van der Waals surface area contributed by atoms with Crippen LogP contribution in [0.1, 0.15) is 42.9 Å². The minimum atomic E-state index is -0.503. The van der Waals surface area contributed by atoms with Gasteiger partial charge in [0.2, 0.25) is 0 Å². The van der Waals surface area contributed by atoms with Gasteiger partial charge >= 0.3 is 0 Å². The maximum absolute atomic E-state index is 11.4. The Hall–Kier alpha value is -0.620. The third-order valence-electron chi connectivity index (χ3n) is 6.00. The molecule has 0 bridgehead atoms. The number of rotatable bonds is 3. The molecule has 1 aromatic carbocycles. The number of likely N-dealkylation sites (tertiary alicyclic amines) is 2. The summed E-state index contributed by atoms with van der Waals surface area (Å²) in [7, 11) is 0. The predicted octanol–water partition coefficient (Wildman–Crippen LogP) is 3.11. The smallest absolute Gasteiger partial charge is 0.125 e. The molecule has 2 fully saturated rings. The van der Waals surface area contributed by atoms with E-state index in [0.29, 0.717) is 6.61 Å². The van der Waals surface area contributed by atoms with Crippen molar-refractivity contribution in [2.45, 2.75) is 44.2 Å². The minimum Gasteiger partial charge on any atom is -0.491 e. The molecule has 3 heterocycles. The van der Waals surface area contributed by atoms with Gasteiger partial charge in [0.25, 0.3) is 0 Å². The zero-order valence-corrected chi connectivity index (χ0v) is 16.0. The maximum Gasteiger partial charge on any atom is 0.125 e. The first-order valence-corrected chi connectivity index (χ1v) is 9.98. The lowest BCUT2D eigenvalue weighted by Gasteiger charge is -2.49. The summed E-state index contributed by atoms with van der Waals surface area (Å²) in [5.74, 6) is 0.847. The average Bonchev–Trinajstić information content (AvgIpc) is 3.26. The molecule has 24 heavy (non-hydrogen) atoms. The largest absolute Gasteiger partial charge is 0.491 e. The van der Waals surface area contributed by atoms with E-state index in [2.05, 4.69) is 38.7 Å². The topological polar surface area (TPSA) is 35.9 Å². The molecule has 5 heteroatoms. The highest BCUT2D eigenvalue weighted by molar-refractivity contribution is 9.10. The number of nitrogens with zero attached hydrogens (tertiary/aromatic N) is 2. The van der Waals surface area contributed by atoms with Crippen LogP contribution in [0.2, 0.25) is 0 Å². The molecule has 0 amide bonds. The number of halogens is 1. The van der Waals surface area contributed by atoms with E-state index in [4.69, 9.17) is 4.74 Å². The van der Waals surface area contributed by atoms with E-state index in [1.54, 1.807) is 0 Å². The molecule has 0 unspecified atom stereocenters. The zero-order chi connectivity index (χ0) is 16.7. The van der Waals surface area contributed by atoms with Crippen LogP contribution in [-0.4, -0.2) is 59.8 Å². The number of hydrogen-bond donors (Lipinski definition) is 1. The second-order valence-corrected chi connectivity index (χ2v) is 8.47. The molecule has 0 aromatic heterocycles. The van der Waals surface area contributed by atoms with Crippen LogP contribution in [0.4, 0.5) is 0 Å².